The van der Waals surface area contributed by atoms with Gasteiger partial charge in [0.1, 0.15) is 12.4 Å². The van der Waals surface area contributed by atoms with E-state index in [1.807, 2.05) is 61.8 Å². The van der Waals surface area contributed by atoms with Crippen molar-refractivity contribution in [3.8, 4) is 17.1 Å². The average Bonchev–Trinajstić information content (AvgIpc) is 3.33. The van der Waals surface area contributed by atoms with E-state index in [2.05, 4.69) is 31.6 Å². The highest BCUT2D eigenvalue weighted by molar-refractivity contribution is 7.13. The number of aryl methyl sites for hydroxylation is 1. The Hall–Kier alpha value is -3.33. The summed E-state index contributed by atoms with van der Waals surface area (Å²) in [5, 5.41) is 16.7. The third kappa shape index (κ3) is 3.70. The van der Waals surface area contributed by atoms with Crippen LogP contribution in [0.1, 0.15) is 5.69 Å². The number of aromatic nitrogens is 5. The highest BCUT2D eigenvalue weighted by Crippen LogP contribution is 2.36. The number of rotatable bonds is 6. The van der Waals surface area contributed by atoms with Crippen LogP contribution >= 0.6 is 11.3 Å². The number of tetrazole rings is 1. The molecule has 2 aromatic heterocycles. The molecule has 0 radical (unpaired) electrons. The summed E-state index contributed by atoms with van der Waals surface area (Å²) in [6.07, 6.45) is 1.73. The molecule has 0 amide bonds. The van der Waals surface area contributed by atoms with Crippen molar-refractivity contribution in [2.45, 2.75) is 6.61 Å². The molecule has 8 nitrogen and oxygen atoms in total. The van der Waals surface area contributed by atoms with E-state index in [-0.39, 0.29) is 0 Å². The van der Waals surface area contributed by atoms with Crippen LogP contribution < -0.4 is 4.74 Å². The fourth-order valence-electron chi connectivity index (χ4n) is 2.78. The van der Waals surface area contributed by atoms with Crippen LogP contribution in [0.2, 0.25) is 0 Å². The highest BCUT2D eigenvalue weighted by Gasteiger charge is 2.17. The predicted molar refractivity (Wildman–Crippen MR) is 110 cm³/mol. The van der Waals surface area contributed by atoms with E-state index in [0.29, 0.717) is 23.3 Å². The Bertz CT molecular complexity index is 1130. The fourth-order valence-corrected chi connectivity index (χ4v) is 3.42. The molecule has 2 aromatic carbocycles. The van der Waals surface area contributed by atoms with Gasteiger partial charge in [-0.05, 0) is 27.3 Å². The molecule has 0 unspecified atom stereocenters. The van der Waals surface area contributed by atoms with Crippen molar-refractivity contribution in [2.75, 3.05) is 14.1 Å². The summed E-state index contributed by atoms with van der Waals surface area (Å²) in [5.41, 5.74) is 1.69. The number of hydrogen-bond donors (Lipinski definition) is 0. The quantitative estimate of drug-likeness (QED) is 0.369. The van der Waals surface area contributed by atoms with E-state index in [0.717, 1.165) is 22.0 Å². The molecule has 4 rings (SSSR count). The van der Waals surface area contributed by atoms with E-state index in [4.69, 9.17) is 4.74 Å². The van der Waals surface area contributed by atoms with Crippen molar-refractivity contribution in [3.63, 3.8) is 0 Å². The van der Waals surface area contributed by atoms with Gasteiger partial charge in [-0.25, -0.2) is 14.7 Å². The minimum atomic E-state index is 0.338. The topological polar surface area (TPSA) is 81.3 Å². The molecule has 0 aliphatic rings. The van der Waals surface area contributed by atoms with Crippen molar-refractivity contribution in [1.82, 2.24) is 30.1 Å². The summed E-state index contributed by atoms with van der Waals surface area (Å²) < 4.78 is 7.77. The summed E-state index contributed by atoms with van der Waals surface area (Å²) >= 11 is 1.48. The second-order valence-corrected chi connectivity index (χ2v) is 7.24. The van der Waals surface area contributed by atoms with Crippen LogP contribution in [0.4, 0.5) is 5.13 Å². The van der Waals surface area contributed by atoms with Gasteiger partial charge in [-0.2, -0.15) is 0 Å². The van der Waals surface area contributed by atoms with Gasteiger partial charge in [-0.1, -0.05) is 30.3 Å². The second-order valence-electron chi connectivity index (χ2n) is 6.40. The molecule has 28 heavy (non-hydrogen) atoms. The van der Waals surface area contributed by atoms with E-state index in [9.17, 15) is 0 Å². The molecule has 0 fully saturated rings. The highest BCUT2D eigenvalue weighted by atomic mass is 32.1. The Morgan fingerprint density at radius 3 is 2.86 bits per heavy atom. The monoisotopic (exact) mass is 393 g/mol. The van der Waals surface area contributed by atoms with E-state index < -0.39 is 0 Å². The zero-order chi connectivity index (χ0) is 19.5. The minimum absolute atomic E-state index is 0.338. The molecule has 0 aliphatic heterocycles. The lowest BCUT2D eigenvalue weighted by Crippen LogP contribution is -2.06. The van der Waals surface area contributed by atoms with Crippen molar-refractivity contribution >= 4 is 33.6 Å². The lowest BCUT2D eigenvalue weighted by atomic mass is 10.0. The standard InChI is InChI=1S/C19H19N7OS/c1-25(2)12-20-19-21-14(11-28-19)10-27-16-9-8-13-6-4-5-7-15(13)17(16)18-22-23-24-26(18)3/h4-9,11-12H,10H2,1-3H3. The van der Waals surface area contributed by atoms with Gasteiger partial charge in [0.2, 0.25) is 5.13 Å². The summed E-state index contributed by atoms with van der Waals surface area (Å²) in [7, 11) is 5.66. The molecule has 0 N–H and O–H groups in total. The maximum absolute atomic E-state index is 6.12. The van der Waals surface area contributed by atoms with Gasteiger partial charge in [0.15, 0.2) is 5.82 Å². The maximum atomic E-state index is 6.12. The summed E-state index contributed by atoms with van der Waals surface area (Å²) in [5.74, 6) is 1.37. The van der Waals surface area contributed by atoms with Gasteiger partial charge in [0, 0.05) is 26.5 Å². The molecule has 142 valence electrons. The SMILES string of the molecule is CN(C)C=Nc1nc(COc2ccc3ccccc3c2-c2nnnn2C)cs1. The molecule has 0 atom stereocenters. The summed E-state index contributed by atoms with van der Waals surface area (Å²) in [6, 6.07) is 12.1. The van der Waals surface area contributed by atoms with Crippen LogP contribution in [0.5, 0.6) is 5.75 Å². The molecule has 0 saturated carbocycles. The van der Waals surface area contributed by atoms with E-state index in [1.165, 1.54) is 11.3 Å². The van der Waals surface area contributed by atoms with Gasteiger partial charge in [0.25, 0.3) is 0 Å². The van der Waals surface area contributed by atoms with Gasteiger partial charge in [-0.3, -0.25) is 0 Å². The number of aliphatic imine (C=N–C) groups is 1. The molecule has 0 saturated heterocycles. The van der Waals surface area contributed by atoms with E-state index in [1.54, 1.807) is 11.0 Å². The zero-order valence-electron chi connectivity index (χ0n) is 15.8. The number of ether oxygens (including phenoxy) is 1. The number of hydrogen-bond acceptors (Lipinski definition) is 7. The van der Waals surface area contributed by atoms with Crippen molar-refractivity contribution in [1.29, 1.82) is 0 Å². The van der Waals surface area contributed by atoms with Crippen LogP contribution in [-0.2, 0) is 13.7 Å². The summed E-state index contributed by atoms with van der Waals surface area (Å²) in [4.78, 5) is 10.7. The first-order valence-electron chi connectivity index (χ1n) is 8.64. The van der Waals surface area contributed by atoms with E-state index >= 15 is 0 Å². The van der Waals surface area contributed by atoms with Crippen LogP contribution in [0, 0.1) is 0 Å². The molecule has 0 bridgehead atoms. The number of thiazole rings is 1. The zero-order valence-corrected chi connectivity index (χ0v) is 16.6. The van der Waals surface area contributed by atoms with Gasteiger partial charge >= 0.3 is 0 Å². The summed E-state index contributed by atoms with van der Waals surface area (Å²) in [6.45, 7) is 0.338. The maximum Gasteiger partial charge on any atom is 0.210 e. The van der Waals surface area contributed by atoms with Crippen LogP contribution in [-0.4, -0.2) is 50.5 Å². The Morgan fingerprint density at radius 1 is 1.21 bits per heavy atom. The first-order valence-corrected chi connectivity index (χ1v) is 9.52. The fraction of sp³-hybridized carbons (Fsp3) is 0.211. The molecular formula is C19H19N7OS. The van der Waals surface area contributed by atoms with Gasteiger partial charge < -0.3 is 9.64 Å². The number of fused-ring (bicyclic) bond motifs is 1. The largest absolute Gasteiger partial charge is 0.486 e. The van der Waals surface area contributed by atoms with Crippen LogP contribution in [0.15, 0.2) is 46.8 Å². The van der Waals surface area contributed by atoms with Crippen molar-refractivity contribution in [3.05, 3.63) is 47.5 Å². The molecule has 9 heteroatoms. The normalized spacial score (nSPS) is 11.4. The van der Waals surface area contributed by atoms with Crippen molar-refractivity contribution < 1.29 is 4.74 Å². The first-order chi connectivity index (χ1) is 13.6. The third-order valence-electron chi connectivity index (χ3n) is 4.05. The molecule has 4 aromatic rings. The smallest absolute Gasteiger partial charge is 0.210 e. The number of nitrogens with zero attached hydrogens (tertiary/aromatic N) is 7. The molecule has 2 heterocycles. The molecule has 0 aliphatic carbocycles. The Balaban J connectivity index is 1.65. The lowest BCUT2D eigenvalue weighted by molar-refractivity contribution is 0.303. The first kappa shape index (κ1) is 18.1. The number of benzene rings is 2. The van der Waals surface area contributed by atoms with Gasteiger partial charge in [0.05, 0.1) is 17.6 Å². The third-order valence-corrected chi connectivity index (χ3v) is 4.85. The Morgan fingerprint density at radius 2 is 2.07 bits per heavy atom. The second kappa shape index (κ2) is 7.73. The minimum Gasteiger partial charge on any atom is -0.486 e. The molecule has 0 spiro atoms. The van der Waals surface area contributed by atoms with Gasteiger partial charge in [-0.15, -0.1) is 16.4 Å². The average molecular weight is 393 g/mol. The lowest BCUT2D eigenvalue weighted by Gasteiger charge is -2.12. The Kier molecular flexibility index (Phi) is 4.98. The van der Waals surface area contributed by atoms with Crippen molar-refractivity contribution in [2.24, 2.45) is 12.0 Å². The van der Waals surface area contributed by atoms with Crippen LogP contribution in [0.3, 0.4) is 0 Å². The predicted octanol–water partition coefficient (Wildman–Crippen LogP) is 3.29. The van der Waals surface area contributed by atoms with Crippen LogP contribution in [0.25, 0.3) is 22.2 Å². The molecular weight excluding hydrogens is 374 g/mol. The Labute approximate surface area is 166 Å².